The third-order valence-electron chi connectivity index (χ3n) is 2.57. The molecule has 1 saturated heterocycles. The van der Waals surface area contributed by atoms with Crippen LogP contribution in [0.25, 0.3) is 0 Å². The second kappa shape index (κ2) is 3.74. The Hall–Kier alpha value is -0.790. The SMILES string of the molecule is C=CC1C(=O)NCC(C)CC1C. The second-order valence-corrected chi connectivity index (χ2v) is 3.82. The molecule has 0 aromatic heterocycles. The molecule has 1 N–H and O–H groups in total. The molecule has 1 fully saturated rings. The predicted octanol–water partition coefficient (Wildman–Crippen LogP) is 1.58. The monoisotopic (exact) mass is 167 g/mol. The van der Waals surface area contributed by atoms with E-state index >= 15 is 0 Å². The zero-order valence-electron chi connectivity index (χ0n) is 7.84. The molecule has 0 spiro atoms. The molecule has 1 amide bonds. The Morgan fingerprint density at radius 1 is 1.58 bits per heavy atom. The van der Waals surface area contributed by atoms with Crippen molar-refractivity contribution in [1.29, 1.82) is 0 Å². The molecular weight excluding hydrogens is 150 g/mol. The summed E-state index contributed by atoms with van der Waals surface area (Å²) in [6, 6.07) is 0. The summed E-state index contributed by atoms with van der Waals surface area (Å²) < 4.78 is 0. The van der Waals surface area contributed by atoms with Gasteiger partial charge in [-0.05, 0) is 18.3 Å². The van der Waals surface area contributed by atoms with Crippen molar-refractivity contribution in [2.75, 3.05) is 6.54 Å². The first kappa shape index (κ1) is 9.30. The van der Waals surface area contributed by atoms with E-state index in [1.807, 2.05) is 0 Å². The summed E-state index contributed by atoms with van der Waals surface area (Å²) >= 11 is 0. The van der Waals surface area contributed by atoms with Gasteiger partial charge < -0.3 is 5.32 Å². The van der Waals surface area contributed by atoms with Crippen LogP contribution in [-0.4, -0.2) is 12.5 Å². The highest BCUT2D eigenvalue weighted by atomic mass is 16.1. The fourth-order valence-corrected chi connectivity index (χ4v) is 1.86. The van der Waals surface area contributed by atoms with Crippen molar-refractivity contribution in [3.05, 3.63) is 12.7 Å². The summed E-state index contributed by atoms with van der Waals surface area (Å²) in [5, 5.41) is 2.92. The summed E-state index contributed by atoms with van der Waals surface area (Å²) in [5.41, 5.74) is 0. The molecule has 0 radical (unpaired) electrons. The molecule has 3 unspecified atom stereocenters. The van der Waals surface area contributed by atoms with Crippen LogP contribution in [0.3, 0.4) is 0 Å². The summed E-state index contributed by atoms with van der Waals surface area (Å²) in [6.07, 6.45) is 2.87. The normalized spacial score (nSPS) is 36.8. The summed E-state index contributed by atoms with van der Waals surface area (Å²) in [7, 11) is 0. The number of nitrogens with one attached hydrogen (secondary N) is 1. The Balaban J connectivity index is 2.70. The number of hydrogen-bond acceptors (Lipinski definition) is 1. The first-order chi connectivity index (χ1) is 5.65. The summed E-state index contributed by atoms with van der Waals surface area (Å²) in [6.45, 7) is 8.79. The van der Waals surface area contributed by atoms with Gasteiger partial charge in [0.2, 0.25) is 5.91 Å². The lowest BCUT2D eigenvalue weighted by atomic mass is 9.88. The fourth-order valence-electron chi connectivity index (χ4n) is 1.86. The molecule has 0 aliphatic carbocycles. The van der Waals surface area contributed by atoms with Crippen LogP contribution in [0, 0.1) is 17.8 Å². The van der Waals surface area contributed by atoms with Gasteiger partial charge in [0.05, 0.1) is 5.92 Å². The van der Waals surface area contributed by atoms with E-state index in [0.29, 0.717) is 11.8 Å². The lowest BCUT2D eigenvalue weighted by molar-refractivity contribution is -0.124. The topological polar surface area (TPSA) is 29.1 Å². The zero-order chi connectivity index (χ0) is 9.14. The van der Waals surface area contributed by atoms with Gasteiger partial charge in [-0.15, -0.1) is 6.58 Å². The summed E-state index contributed by atoms with van der Waals surface area (Å²) in [5.74, 6) is 1.17. The maximum absolute atomic E-state index is 11.4. The van der Waals surface area contributed by atoms with Crippen molar-refractivity contribution in [2.45, 2.75) is 20.3 Å². The number of amides is 1. The van der Waals surface area contributed by atoms with Gasteiger partial charge in [0, 0.05) is 6.54 Å². The van der Waals surface area contributed by atoms with Gasteiger partial charge in [-0.25, -0.2) is 0 Å². The Morgan fingerprint density at radius 2 is 2.25 bits per heavy atom. The first-order valence-electron chi connectivity index (χ1n) is 4.55. The maximum atomic E-state index is 11.4. The Morgan fingerprint density at radius 3 is 2.83 bits per heavy atom. The standard InChI is InChI=1S/C10H17NO/c1-4-9-8(3)5-7(2)6-11-10(9)12/h4,7-9H,1,5-6H2,2-3H3,(H,11,12). The van der Waals surface area contributed by atoms with Crippen molar-refractivity contribution in [3.63, 3.8) is 0 Å². The number of carbonyl (C=O) groups is 1. The van der Waals surface area contributed by atoms with Crippen LogP contribution in [0.2, 0.25) is 0 Å². The lowest BCUT2D eigenvalue weighted by Gasteiger charge is -2.15. The van der Waals surface area contributed by atoms with Crippen molar-refractivity contribution in [1.82, 2.24) is 5.32 Å². The molecule has 3 atom stereocenters. The molecule has 1 aliphatic heterocycles. The molecule has 0 aromatic carbocycles. The van der Waals surface area contributed by atoms with Crippen molar-refractivity contribution in [2.24, 2.45) is 17.8 Å². The third-order valence-corrected chi connectivity index (χ3v) is 2.57. The minimum Gasteiger partial charge on any atom is -0.355 e. The molecule has 68 valence electrons. The molecule has 1 rings (SSSR count). The van der Waals surface area contributed by atoms with Crippen molar-refractivity contribution < 1.29 is 4.79 Å². The highest BCUT2D eigenvalue weighted by Gasteiger charge is 2.26. The van der Waals surface area contributed by atoms with Gasteiger partial charge in [0.1, 0.15) is 0 Å². The molecule has 0 aromatic rings. The quantitative estimate of drug-likeness (QED) is 0.590. The molecule has 12 heavy (non-hydrogen) atoms. The van der Waals surface area contributed by atoms with E-state index in [0.717, 1.165) is 13.0 Å². The molecular formula is C10H17NO. The van der Waals surface area contributed by atoms with E-state index < -0.39 is 0 Å². The molecule has 1 aliphatic rings. The minimum absolute atomic E-state index is 0.00921. The van der Waals surface area contributed by atoms with E-state index in [1.165, 1.54) is 0 Å². The van der Waals surface area contributed by atoms with E-state index in [-0.39, 0.29) is 11.8 Å². The van der Waals surface area contributed by atoms with Crippen LogP contribution in [0.4, 0.5) is 0 Å². The Bertz CT molecular complexity index is 188. The number of rotatable bonds is 1. The Labute approximate surface area is 74.0 Å². The average Bonchev–Trinajstić information content (AvgIpc) is 2.12. The van der Waals surface area contributed by atoms with Crippen LogP contribution < -0.4 is 5.32 Å². The number of carbonyl (C=O) groups excluding carboxylic acids is 1. The van der Waals surface area contributed by atoms with Crippen molar-refractivity contribution >= 4 is 5.91 Å². The van der Waals surface area contributed by atoms with E-state index in [4.69, 9.17) is 0 Å². The Kier molecular flexibility index (Phi) is 2.90. The van der Waals surface area contributed by atoms with Gasteiger partial charge in [0.15, 0.2) is 0 Å². The van der Waals surface area contributed by atoms with Crippen LogP contribution in [0.1, 0.15) is 20.3 Å². The number of hydrogen-bond donors (Lipinski definition) is 1. The van der Waals surface area contributed by atoms with Gasteiger partial charge >= 0.3 is 0 Å². The minimum atomic E-state index is 0.00921. The molecule has 2 heteroatoms. The largest absolute Gasteiger partial charge is 0.355 e. The van der Waals surface area contributed by atoms with Gasteiger partial charge in [0.25, 0.3) is 0 Å². The highest BCUT2D eigenvalue weighted by molar-refractivity contribution is 5.80. The summed E-state index contributed by atoms with van der Waals surface area (Å²) in [4.78, 5) is 11.4. The highest BCUT2D eigenvalue weighted by Crippen LogP contribution is 2.23. The van der Waals surface area contributed by atoms with E-state index in [1.54, 1.807) is 6.08 Å². The fraction of sp³-hybridized carbons (Fsp3) is 0.700. The predicted molar refractivity (Wildman–Crippen MR) is 49.6 cm³/mol. The lowest BCUT2D eigenvalue weighted by Crippen LogP contribution is -2.30. The van der Waals surface area contributed by atoms with E-state index in [9.17, 15) is 4.79 Å². The van der Waals surface area contributed by atoms with E-state index in [2.05, 4.69) is 25.7 Å². The average molecular weight is 167 g/mol. The smallest absolute Gasteiger partial charge is 0.227 e. The molecule has 1 heterocycles. The third kappa shape index (κ3) is 1.87. The van der Waals surface area contributed by atoms with Crippen LogP contribution >= 0.6 is 0 Å². The van der Waals surface area contributed by atoms with Crippen LogP contribution in [0.5, 0.6) is 0 Å². The second-order valence-electron chi connectivity index (χ2n) is 3.82. The van der Waals surface area contributed by atoms with Gasteiger partial charge in [-0.2, -0.15) is 0 Å². The first-order valence-corrected chi connectivity index (χ1v) is 4.55. The van der Waals surface area contributed by atoms with Crippen molar-refractivity contribution in [3.8, 4) is 0 Å². The van der Waals surface area contributed by atoms with Crippen LogP contribution in [-0.2, 0) is 4.79 Å². The molecule has 2 nitrogen and oxygen atoms in total. The van der Waals surface area contributed by atoms with Gasteiger partial charge in [-0.3, -0.25) is 4.79 Å². The van der Waals surface area contributed by atoms with Gasteiger partial charge in [-0.1, -0.05) is 19.9 Å². The molecule has 0 saturated carbocycles. The molecule has 0 bridgehead atoms. The maximum Gasteiger partial charge on any atom is 0.227 e. The van der Waals surface area contributed by atoms with Crippen LogP contribution in [0.15, 0.2) is 12.7 Å². The zero-order valence-corrected chi connectivity index (χ0v) is 7.84.